The molecule has 5 heteroatoms. The first-order valence-electron chi connectivity index (χ1n) is 8.88. The highest BCUT2D eigenvalue weighted by molar-refractivity contribution is 5.88. The maximum Gasteiger partial charge on any atom is 0.307 e. The average Bonchev–Trinajstić information content (AvgIpc) is 2.62. The molecular formula is C20H26N2O3. The molecule has 1 saturated heterocycles. The minimum atomic E-state index is -0.736. The number of carboxylic acids is 1. The maximum absolute atomic E-state index is 11.6. The van der Waals surface area contributed by atoms with Crippen molar-refractivity contribution in [3.8, 4) is 5.75 Å². The second-order valence-corrected chi connectivity index (χ2v) is 6.75. The first-order chi connectivity index (χ1) is 12.1. The van der Waals surface area contributed by atoms with Crippen molar-refractivity contribution in [3.05, 3.63) is 42.5 Å². The molecule has 1 heterocycles. The monoisotopic (exact) mass is 342 g/mol. The van der Waals surface area contributed by atoms with Crippen molar-refractivity contribution in [2.75, 3.05) is 46.4 Å². The van der Waals surface area contributed by atoms with Crippen molar-refractivity contribution in [2.45, 2.75) is 6.42 Å². The molecule has 0 aliphatic carbocycles. The summed E-state index contributed by atoms with van der Waals surface area (Å²) in [4.78, 5) is 16.1. The Labute approximate surface area is 148 Å². The van der Waals surface area contributed by atoms with E-state index in [4.69, 9.17) is 4.74 Å². The fourth-order valence-electron chi connectivity index (χ4n) is 3.27. The Morgan fingerprint density at radius 3 is 2.60 bits per heavy atom. The van der Waals surface area contributed by atoms with Gasteiger partial charge in [-0.2, -0.15) is 0 Å². The number of benzene rings is 2. The van der Waals surface area contributed by atoms with Gasteiger partial charge in [0.05, 0.1) is 12.5 Å². The molecule has 2 aromatic carbocycles. The average molecular weight is 342 g/mol. The van der Waals surface area contributed by atoms with Crippen LogP contribution in [0.25, 0.3) is 10.8 Å². The fraction of sp³-hybridized carbons (Fsp3) is 0.450. The lowest BCUT2D eigenvalue weighted by atomic mass is 10.1. The van der Waals surface area contributed by atoms with E-state index in [1.807, 2.05) is 30.3 Å². The Kier molecular flexibility index (Phi) is 5.89. The van der Waals surface area contributed by atoms with E-state index in [-0.39, 0.29) is 0 Å². The van der Waals surface area contributed by atoms with E-state index >= 15 is 0 Å². The van der Waals surface area contributed by atoms with Crippen LogP contribution in [-0.4, -0.2) is 67.3 Å². The summed E-state index contributed by atoms with van der Waals surface area (Å²) >= 11 is 0. The molecule has 0 radical (unpaired) electrons. The van der Waals surface area contributed by atoms with E-state index < -0.39 is 11.9 Å². The largest absolute Gasteiger partial charge is 0.493 e. The predicted octanol–water partition coefficient (Wildman–Crippen LogP) is 2.56. The van der Waals surface area contributed by atoms with E-state index in [1.165, 1.54) is 0 Å². The number of likely N-dealkylation sites (N-methyl/N-ethyl adjacent to an activating group) is 1. The summed E-state index contributed by atoms with van der Waals surface area (Å²) in [5.41, 5.74) is 0. The van der Waals surface area contributed by atoms with Crippen LogP contribution in [0.15, 0.2) is 42.5 Å². The van der Waals surface area contributed by atoms with Gasteiger partial charge in [0.25, 0.3) is 0 Å². The number of piperazine rings is 1. The summed E-state index contributed by atoms with van der Waals surface area (Å²) in [6.45, 7) is 4.88. The number of aliphatic carboxylic acids is 1. The second-order valence-electron chi connectivity index (χ2n) is 6.75. The van der Waals surface area contributed by atoms with Crippen molar-refractivity contribution in [1.29, 1.82) is 0 Å². The van der Waals surface area contributed by atoms with Gasteiger partial charge in [0.1, 0.15) is 5.75 Å². The van der Waals surface area contributed by atoms with Crippen LogP contribution >= 0.6 is 0 Å². The quantitative estimate of drug-likeness (QED) is 0.838. The fourth-order valence-corrected chi connectivity index (χ4v) is 3.27. The summed E-state index contributed by atoms with van der Waals surface area (Å²) in [6, 6.07) is 14.0. The molecule has 1 aliphatic heterocycles. The molecule has 2 aromatic rings. The highest BCUT2D eigenvalue weighted by Crippen LogP contribution is 2.25. The molecule has 25 heavy (non-hydrogen) atoms. The van der Waals surface area contributed by atoms with Crippen molar-refractivity contribution in [2.24, 2.45) is 5.92 Å². The van der Waals surface area contributed by atoms with Crippen molar-refractivity contribution < 1.29 is 14.6 Å². The Hall–Kier alpha value is -2.11. The van der Waals surface area contributed by atoms with E-state index in [1.54, 1.807) is 0 Å². The summed E-state index contributed by atoms with van der Waals surface area (Å²) < 4.78 is 5.92. The van der Waals surface area contributed by atoms with E-state index in [2.05, 4.69) is 29.0 Å². The van der Waals surface area contributed by atoms with Crippen LogP contribution < -0.4 is 4.74 Å². The van der Waals surface area contributed by atoms with Crippen LogP contribution in [0.2, 0.25) is 0 Å². The maximum atomic E-state index is 11.6. The molecule has 0 bridgehead atoms. The summed E-state index contributed by atoms with van der Waals surface area (Å²) in [5.74, 6) is -0.305. The Balaban J connectivity index is 1.55. The highest BCUT2D eigenvalue weighted by Gasteiger charge is 2.23. The number of ether oxygens (including phenoxy) is 1. The Bertz CT molecular complexity index is 706. The zero-order chi connectivity index (χ0) is 17.6. The number of hydrogen-bond acceptors (Lipinski definition) is 4. The topological polar surface area (TPSA) is 53.0 Å². The SMILES string of the molecule is CN1CCN(CC(CCOc2cccc3ccccc23)C(=O)O)CC1. The summed E-state index contributed by atoms with van der Waals surface area (Å²) in [5, 5.41) is 11.7. The molecule has 1 aliphatic rings. The Morgan fingerprint density at radius 1 is 1.12 bits per heavy atom. The number of carboxylic acid groups (broad SMARTS) is 1. The Morgan fingerprint density at radius 2 is 1.84 bits per heavy atom. The van der Waals surface area contributed by atoms with Crippen LogP contribution in [0.1, 0.15) is 6.42 Å². The standard InChI is InChI=1S/C20H26N2O3/c1-21-10-12-22(13-11-21)15-17(20(23)24)9-14-25-19-8-4-6-16-5-2-3-7-18(16)19/h2-8,17H,9-15H2,1H3,(H,23,24). The molecule has 0 amide bonds. The van der Waals surface area contributed by atoms with Crippen molar-refractivity contribution in [1.82, 2.24) is 9.80 Å². The van der Waals surface area contributed by atoms with Gasteiger partial charge in [-0.15, -0.1) is 0 Å². The van der Waals surface area contributed by atoms with Crippen LogP contribution in [0, 0.1) is 5.92 Å². The number of carbonyl (C=O) groups is 1. The van der Waals surface area contributed by atoms with Crippen LogP contribution in [-0.2, 0) is 4.79 Å². The lowest BCUT2D eigenvalue weighted by Crippen LogP contribution is -2.47. The zero-order valence-corrected chi connectivity index (χ0v) is 14.7. The third kappa shape index (κ3) is 4.71. The molecule has 1 atom stereocenters. The third-order valence-corrected chi connectivity index (χ3v) is 4.90. The highest BCUT2D eigenvalue weighted by atomic mass is 16.5. The predicted molar refractivity (Wildman–Crippen MR) is 99.1 cm³/mol. The minimum Gasteiger partial charge on any atom is -0.493 e. The zero-order valence-electron chi connectivity index (χ0n) is 14.7. The molecule has 1 unspecified atom stereocenters. The molecule has 0 saturated carbocycles. The lowest BCUT2D eigenvalue weighted by Gasteiger charge is -2.33. The molecule has 5 nitrogen and oxygen atoms in total. The number of rotatable bonds is 7. The van der Waals surface area contributed by atoms with Gasteiger partial charge >= 0.3 is 5.97 Å². The van der Waals surface area contributed by atoms with E-state index in [0.717, 1.165) is 42.7 Å². The molecule has 3 rings (SSSR count). The number of nitrogens with zero attached hydrogens (tertiary/aromatic N) is 2. The third-order valence-electron chi connectivity index (χ3n) is 4.90. The molecule has 1 fully saturated rings. The smallest absolute Gasteiger partial charge is 0.307 e. The first-order valence-corrected chi connectivity index (χ1v) is 8.88. The van der Waals surface area contributed by atoms with Gasteiger partial charge in [-0.25, -0.2) is 0 Å². The van der Waals surface area contributed by atoms with E-state index in [0.29, 0.717) is 19.6 Å². The molecule has 0 aromatic heterocycles. The molecular weight excluding hydrogens is 316 g/mol. The summed E-state index contributed by atoms with van der Waals surface area (Å²) in [7, 11) is 2.10. The van der Waals surface area contributed by atoms with Gasteiger partial charge in [0, 0.05) is 38.1 Å². The van der Waals surface area contributed by atoms with Crippen molar-refractivity contribution >= 4 is 16.7 Å². The van der Waals surface area contributed by atoms with Crippen LogP contribution in [0.4, 0.5) is 0 Å². The van der Waals surface area contributed by atoms with Gasteiger partial charge < -0.3 is 14.7 Å². The normalized spacial score (nSPS) is 17.5. The van der Waals surface area contributed by atoms with Gasteiger partial charge in [-0.3, -0.25) is 9.69 Å². The van der Waals surface area contributed by atoms with E-state index in [9.17, 15) is 9.90 Å². The van der Waals surface area contributed by atoms with Gasteiger partial charge in [0.15, 0.2) is 0 Å². The summed E-state index contributed by atoms with van der Waals surface area (Å²) in [6.07, 6.45) is 0.519. The minimum absolute atomic E-state index is 0.390. The molecule has 1 N–H and O–H groups in total. The molecule has 134 valence electrons. The van der Waals surface area contributed by atoms with Crippen molar-refractivity contribution in [3.63, 3.8) is 0 Å². The number of hydrogen-bond donors (Lipinski definition) is 1. The molecule has 0 spiro atoms. The second kappa shape index (κ2) is 8.32. The van der Waals surface area contributed by atoms with Crippen LogP contribution in [0.5, 0.6) is 5.75 Å². The van der Waals surface area contributed by atoms with Gasteiger partial charge in [0.2, 0.25) is 0 Å². The first kappa shape index (κ1) is 17.7. The van der Waals surface area contributed by atoms with Gasteiger partial charge in [-0.1, -0.05) is 36.4 Å². The number of fused-ring (bicyclic) bond motifs is 1. The van der Waals surface area contributed by atoms with Gasteiger partial charge in [-0.05, 0) is 24.9 Å². The lowest BCUT2D eigenvalue weighted by molar-refractivity contribution is -0.143. The van der Waals surface area contributed by atoms with Crippen LogP contribution in [0.3, 0.4) is 0 Å².